The van der Waals surface area contributed by atoms with Gasteiger partial charge in [-0.15, -0.1) is 15.0 Å². The van der Waals surface area contributed by atoms with Crippen LogP contribution in [0.2, 0.25) is 0 Å². The summed E-state index contributed by atoms with van der Waals surface area (Å²) in [5.74, 6) is 1.35. The summed E-state index contributed by atoms with van der Waals surface area (Å²) in [6.45, 7) is 1.56. The maximum Gasteiger partial charge on any atom is 0.207 e. The molecular formula is C19H17N5O. The van der Waals surface area contributed by atoms with Crippen molar-refractivity contribution in [2.45, 2.75) is 13.0 Å². The van der Waals surface area contributed by atoms with E-state index in [1.165, 1.54) is 15.9 Å². The molecule has 2 heterocycles. The number of nitriles is 1. The van der Waals surface area contributed by atoms with E-state index in [0.29, 0.717) is 11.5 Å². The summed E-state index contributed by atoms with van der Waals surface area (Å²) >= 11 is 0. The fourth-order valence-electron chi connectivity index (χ4n) is 3.11. The Morgan fingerprint density at radius 1 is 1.08 bits per heavy atom. The van der Waals surface area contributed by atoms with E-state index in [4.69, 9.17) is 4.74 Å². The molecule has 1 aromatic heterocycles. The van der Waals surface area contributed by atoms with Gasteiger partial charge in [0.15, 0.2) is 5.82 Å². The van der Waals surface area contributed by atoms with E-state index in [-0.39, 0.29) is 0 Å². The lowest BCUT2D eigenvalue weighted by Crippen LogP contribution is -2.31. The van der Waals surface area contributed by atoms with Crippen molar-refractivity contribution in [2.75, 3.05) is 18.6 Å². The van der Waals surface area contributed by atoms with Crippen molar-refractivity contribution in [3.05, 3.63) is 65.4 Å². The summed E-state index contributed by atoms with van der Waals surface area (Å²) in [6, 6.07) is 18.0. The SMILES string of the molecule is COc1cccc(-n2nc(C#N)c(N3CCc4ccccc4C3)n2)c1. The van der Waals surface area contributed by atoms with Gasteiger partial charge in [-0.2, -0.15) is 5.26 Å². The van der Waals surface area contributed by atoms with Crippen LogP contribution in [-0.2, 0) is 13.0 Å². The summed E-state index contributed by atoms with van der Waals surface area (Å²) in [7, 11) is 1.62. The molecule has 0 fully saturated rings. The van der Waals surface area contributed by atoms with Crippen LogP contribution in [0.3, 0.4) is 0 Å². The maximum absolute atomic E-state index is 9.49. The van der Waals surface area contributed by atoms with E-state index >= 15 is 0 Å². The maximum atomic E-state index is 9.49. The Morgan fingerprint density at radius 2 is 1.92 bits per heavy atom. The molecule has 0 radical (unpaired) electrons. The van der Waals surface area contributed by atoms with E-state index in [1.54, 1.807) is 7.11 Å². The average Bonchev–Trinajstić information content (AvgIpc) is 3.12. The molecule has 0 saturated heterocycles. The van der Waals surface area contributed by atoms with E-state index in [1.807, 2.05) is 30.3 Å². The third-order valence-corrected chi connectivity index (χ3v) is 4.42. The highest BCUT2D eigenvalue weighted by Crippen LogP contribution is 2.26. The smallest absolute Gasteiger partial charge is 0.207 e. The van der Waals surface area contributed by atoms with E-state index in [9.17, 15) is 5.26 Å². The molecule has 6 nitrogen and oxygen atoms in total. The quantitative estimate of drug-likeness (QED) is 0.738. The van der Waals surface area contributed by atoms with E-state index in [0.717, 1.165) is 30.9 Å². The van der Waals surface area contributed by atoms with Gasteiger partial charge < -0.3 is 9.64 Å². The summed E-state index contributed by atoms with van der Waals surface area (Å²) in [5, 5.41) is 18.4. The molecule has 3 aromatic rings. The van der Waals surface area contributed by atoms with Crippen LogP contribution in [0.4, 0.5) is 5.82 Å². The summed E-state index contributed by atoms with van der Waals surface area (Å²) in [6.07, 6.45) is 0.938. The second kappa shape index (κ2) is 6.29. The fraction of sp³-hybridized carbons (Fsp3) is 0.211. The third-order valence-electron chi connectivity index (χ3n) is 4.42. The number of aromatic nitrogens is 3. The first-order chi connectivity index (χ1) is 12.3. The van der Waals surface area contributed by atoms with Gasteiger partial charge in [0, 0.05) is 19.2 Å². The number of fused-ring (bicyclic) bond motifs is 1. The van der Waals surface area contributed by atoms with Gasteiger partial charge in [0.2, 0.25) is 5.69 Å². The highest BCUT2D eigenvalue weighted by Gasteiger charge is 2.23. The first-order valence-electron chi connectivity index (χ1n) is 8.12. The van der Waals surface area contributed by atoms with Crippen LogP contribution >= 0.6 is 0 Å². The van der Waals surface area contributed by atoms with Crippen LogP contribution in [-0.4, -0.2) is 28.6 Å². The summed E-state index contributed by atoms with van der Waals surface area (Å²) in [5.41, 5.74) is 3.73. The molecule has 2 aromatic carbocycles. The number of ether oxygens (including phenoxy) is 1. The lowest BCUT2D eigenvalue weighted by molar-refractivity contribution is 0.414. The Labute approximate surface area is 145 Å². The molecule has 4 rings (SSSR count). The minimum Gasteiger partial charge on any atom is -0.497 e. The Balaban J connectivity index is 1.69. The molecule has 0 aliphatic carbocycles. The van der Waals surface area contributed by atoms with Crippen molar-refractivity contribution in [1.82, 2.24) is 15.0 Å². The Kier molecular flexibility index (Phi) is 3.82. The van der Waals surface area contributed by atoms with Crippen LogP contribution in [0.5, 0.6) is 5.75 Å². The average molecular weight is 331 g/mol. The Bertz CT molecular complexity index is 956. The number of hydrogen-bond donors (Lipinski definition) is 0. The first-order valence-corrected chi connectivity index (χ1v) is 8.12. The van der Waals surface area contributed by atoms with Crippen molar-refractivity contribution in [2.24, 2.45) is 0 Å². The Morgan fingerprint density at radius 3 is 2.72 bits per heavy atom. The normalized spacial score (nSPS) is 13.2. The molecule has 1 aliphatic rings. The molecule has 1 aliphatic heterocycles. The molecule has 0 saturated carbocycles. The van der Waals surface area contributed by atoms with E-state index in [2.05, 4.69) is 39.4 Å². The van der Waals surface area contributed by atoms with Gasteiger partial charge in [-0.25, -0.2) is 0 Å². The van der Waals surface area contributed by atoms with Gasteiger partial charge in [-0.05, 0) is 29.7 Å². The van der Waals surface area contributed by atoms with Crippen molar-refractivity contribution < 1.29 is 4.74 Å². The fourth-order valence-corrected chi connectivity index (χ4v) is 3.11. The second-order valence-corrected chi connectivity index (χ2v) is 5.92. The van der Waals surface area contributed by atoms with Gasteiger partial charge in [0.1, 0.15) is 11.8 Å². The van der Waals surface area contributed by atoms with Crippen LogP contribution in [0.15, 0.2) is 48.5 Å². The van der Waals surface area contributed by atoms with Gasteiger partial charge in [-0.3, -0.25) is 0 Å². The van der Waals surface area contributed by atoms with E-state index < -0.39 is 0 Å². The molecule has 0 unspecified atom stereocenters. The van der Waals surface area contributed by atoms with Crippen LogP contribution in [0.25, 0.3) is 5.69 Å². The van der Waals surface area contributed by atoms with Gasteiger partial charge in [0.05, 0.1) is 12.8 Å². The number of anilines is 1. The second-order valence-electron chi connectivity index (χ2n) is 5.92. The minimum atomic E-state index is 0.335. The van der Waals surface area contributed by atoms with Crippen LogP contribution < -0.4 is 9.64 Å². The minimum absolute atomic E-state index is 0.335. The number of hydrogen-bond acceptors (Lipinski definition) is 5. The highest BCUT2D eigenvalue weighted by atomic mass is 16.5. The molecule has 0 amide bonds. The zero-order chi connectivity index (χ0) is 17.2. The molecule has 0 atom stereocenters. The zero-order valence-electron chi connectivity index (χ0n) is 13.9. The number of benzene rings is 2. The van der Waals surface area contributed by atoms with Crippen LogP contribution in [0, 0.1) is 11.3 Å². The van der Waals surface area contributed by atoms with Gasteiger partial charge in [0.25, 0.3) is 0 Å². The topological polar surface area (TPSA) is 67.0 Å². The number of rotatable bonds is 3. The van der Waals surface area contributed by atoms with Crippen molar-refractivity contribution in [3.8, 4) is 17.5 Å². The molecule has 0 spiro atoms. The van der Waals surface area contributed by atoms with Crippen molar-refractivity contribution in [3.63, 3.8) is 0 Å². The van der Waals surface area contributed by atoms with Gasteiger partial charge >= 0.3 is 0 Å². The summed E-state index contributed by atoms with van der Waals surface area (Å²) < 4.78 is 5.25. The number of methoxy groups -OCH3 is 1. The monoisotopic (exact) mass is 331 g/mol. The molecule has 25 heavy (non-hydrogen) atoms. The zero-order valence-corrected chi connectivity index (χ0v) is 13.9. The molecule has 0 bridgehead atoms. The lowest BCUT2D eigenvalue weighted by Gasteiger charge is -2.28. The lowest BCUT2D eigenvalue weighted by atomic mass is 10.00. The predicted molar refractivity (Wildman–Crippen MR) is 93.8 cm³/mol. The van der Waals surface area contributed by atoms with Crippen LogP contribution in [0.1, 0.15) is 16.8 Å². The standard InChI is InChI=1S/C19H17N5O/c1-25-17-8-4-7-16(11-17)24-21-18(12-20)19(22-24)23-10-9-14-5-2-3-6-15(14)13-23/h2-8,11H,9-10,13H2,1H3. The molecule has 6 heteroatoms. The van der Waals surface area contributed by atoms with Gasteiger partial charge in [-0.1, -0.05) is 30.3 Å². The highest BCUT2D eigenvalue weighted by molar-refractivity contribution is 5.53. The molecular weight excluding hydrogens is 314 g/mol. The molecule has 124 valence electrons. The third kappa shape index (κ3) is 2.81. The Hall–Kier alpha value is -3.33. The molecule has 0 N–H and O–H groups in total. The predicted octanol–water partition coefficient (Wildman–Crippen LogP) is 2.71. The van der Waals surface area contributed by atoms with Crippen molar-refractivity contribution >= 4 is 5.82 Å². The largest absolute Gasteiger partial charge is 0.497 e. The number of nitrogens with zero attached hydrogens (tertiary/aromatic N) is 5. The van der Waals surface area contributed by atoms with Crippen molar-refractivity contribution in [1.29, 1.82) is 5.26 Å². The first kappa shape index (κ1) is 15.2. The summed E-state index contributed by atoms with van der Waals surface area (Å²) in [4.78, 5) is 3.61.